The summed E-state index contributed by atoms with van der Waals surface area (Å²) >= 11 is 0. The van der Waals surface area contributed by atoms with Crippen molar-refractivity contribution >= 4 is 7.28 Å². The lowest BCUT2D eigenvalue weighted by atomic mass is 9.61. The van der Waals surface area contributed by atoms with Crippen LogP contribution in [0.25, 0.3) is 0 Å². The second-order valence-corrected chi connectivity index (χ2v) is 8.16. The molecule has 1 rings (SSSR count). The fraction of sp³-hybridized carbons (Fsp3) is 1.00. The second kappa shape index (κ2) is 3.28. The van der Waals surface area contributed by atoms with E-state index in [9.17, 15) is 0 Å². The van der Waals surface area contributed by atoms with Gasteiger partial charge in [-0.2, -0.15) is 0 Å². The minimum absolute atomic E-state index is 0.449. The highest BCUT2D eigenvalue weighted by Gasteiger charge is 2.69. The normalized spacial score (nSPS) is 36.3. The summed E-state index contributed by atoms with van der Waals surface area (Å²) in [7, 11) is 1.43. The van der Waals surface area contributed by atoms with Gasteiger partial charge in [0.2, 0.25) is 0 Å². The Kier molecular flexibility index (Phi) is 2.87. The molecule has 2 unspecified atom stereocenters. The minimum Gasteiger partial charge on any atom is -0.0667 e. The first kappa shape index (κ1) is 13.1. The first-order valence-corrected chi connectivity index (χ1v) is 6.47. The first-order valence-electron chi connectivity index (χ1n) is 6.47. The third kappa shape index (κ3) is 2.12. The van der Waals surface area contributed by atoms with Gasteiger partial charge in [0.15, 0.2) is 0 Å². The SMILES string of the molecule is CCC1(C)BC1(CC(C)(C)C)C(C)(C)C. The molecule has 0 nitrogen and oxygen atoms in total. The van der Waals surface area contributed by atoms with E-state index in [-0.39, 0.29) is 0 Å². The van der Waals surface area contributed by atoms with Crippen LogP contribution in [0.15, 0.2) is 0 Å². The lowest BCUT2D eigenvalue weighted by Crippen LogP contribution is -2.25. The van der Waals surface area contributed by atoms with E-state index in [1.807, 2.05) is 0 Å². The van der Waals surface area contributed by atoms with Crippen molar-refractivity contribution in [1.82, 2.24) is 0 Å². The van der Waals surface area contributed by atoms with E-state index in [2.05, 4.69) is 55.4 Å². The van der Waals surface area contributed by atoms with Crippen LogP contribution in [0.5, 0.6) is 0 Å². The molecule has 1 aliphatic heterocycles. The molecule has 1 aliphatic rings. The van der Waals surface area contributed by atoms with Gasteiger partial charge >= 0.3 is 0 Å². The Morgan fingerprint density at radius 1 is 1.00 bits per heavy atom. The Bertz CT molecular complexity index is 243. The van der Waals surface area contributed by atoms with Gasteiger partial charge < -0.3 is 0 Å². The molecule has 1 saturated heterocycles. The minimum atomic E-state index is 0.449. The summed E-state index contributed by atoms with van der Waals surface area (Å²) in [5.74, 6) is 0. The van der Waals surface area contributed by atoms with Crippen molar-refractivity contribution in [2.45, 2.75) is 78.9 Å². The molecule has 88 valence electrons. The molecule has 0 bridgehead atoms. The zero-order valence-corrected chi connectivity index (χ0v) is 12.1. The fourth-order valence-corrected chi connectivity index (χ4v) is 3.70. The second-order valence-electron chi connectivity index (χ2n) is 8.16. The maximum absolute atomic E-state index is 2.49. The van der Waals surface area contributed by atoms with Crippen LogP contribution in [0.2, 0.25) is 10.6 Å². The van der Waals surface area contributed by atoms with Crippen LogP contribution in [-0.4, -0.2) is 7.28 Å². The largest absolute Gasteiger partial charge is 0.135 e. The Morgan fingerprint density at radius 3 is 1.67 bits per heavy atom. The summed E-state index contributed by atoms with van der Waals surface area (Å²) in [6.07, 6.45) is 2.70. The van der Waals surface area contributed by atoms with Gasteiger partial charge in [0.05, 0.1) is 0 Å². The number of hydrogen-bond donors (Lipinski definition) is 0. The number of rotatable bonds is 2. The molecule has 0 aromatic rings. The lowest BCUT2D eigenvalue weighted by molar-refractivity contribution is 0.186. The van der Waals surface area contributed by atoms with Crippen molar-refractivity contribution in [3.63, 3.8) is 0 Å². The van der Waals surface area contributed by atoms with E-state index in [0.29, 0.717) is 21.5 Å². The van der Waals surface area contributed by atoms with Gasteiger partial charge in [0.1, 0.15) is 7.28 Å². The molecule has 0 aliphatic carbocycles. The van der Waals surface area contributed by atoms with E-state index in [1.54, 1.807) is 0 Å². The van der Waals surface area contributed by atoms with Gasteiger partial charge in [-0.3, -0.25) is 0 Å². The standard InChI is InChI=1S/C14H29B/c1-9-13(8)14(15-13,12(5,6)7)10-11(2,3)4/h15H,9-10H2,1-8H3. The maximum atomic E-state index is 2.49. The van der Waals surface area contributed by atoms with Crippen LogP contribution in [-0.2, 0) is 0 Å². The fourth-order valence-electron chi connectivity index (χ4n) is 3.70. The van der Waals surface area contributed by atoms with Gasteiger partial charge in [-0.05, 0) is 22.6 Å². The Labute approximate surface area is 97.5 Å². The maximum Gasteiger partial charge on any atom is 0.135 e. The van der Waals surface area contributed by atoms with Crippen molar-refractivity contribution in [2.75, 3.05) is 0 Å². The topological polar surface area (TPSA) is 0 Å². The Hall–Kier alpha value is 0.0649. The third-order valence-corrected chi connectivity index (χ3v) is 4.77. The van der Waals surface area contributed by atoms with E-state index >= 15 is 0 Å². The van der Waals surface area contributed by atoms with Crippen molar-refractivity contribution in [2.24, 2.45) is 10.8 Å². The van der Waals surface area contributed by atoms with E-state index in [1.165, 1.54) is 20.1 Å². The van der Waals surface area contributed by atoms with Gasteiger partial charge in [0, 0.05) is 0 Å². The van der Waals surface area contributed by atoms with Crippen molar-refractivity contribution in [3.8, 4) is 0 Å². The molecule has 2 atom stereocenters. The van der Waals surface area contributed by atoms with Crippen molar-refractivity contribution in [1.29, 1.82) is 0 Å². The average Bonchev–Trinajstić information content (AvgIpc) is 2.54. The Balaban J connectivity index is 2.94. The summed E-state index contributed by atoms with van der Waals surface area (Å²) < 4.78 is 0. The van der Waals surface area contributed by atoms with Crippen LogP contribution in [0.4, 0.5) is 0 Å². The van der Waals surface area contributed by atoms with Crippen molar-refractivity contribution in [3.05, 3.63) is 0 Å². The quantitative estimate of drug-likeness (QED) is 0.578. The summed E-state index contributed by atoms with van der Waals surface area (Å²) in [5.41, 5.74) is 0.908. The van der Waals surface area contributed by atoms with E-state index in [0.717, 1.165) is 0 Å². The van der Waals surface area contributed by atoms with E-state index < -0.39 is 0 Å². The highest BCUT2D eigenvalue weighted by Crippen LogP contribution is 2.81. The molecule has 15 heavy (non-hydrogen) atoms. The highest BCUT2D eigenvalue weighted by atomic mass is 14.6. The van der Waals surface area contributed by atoms with E-state index in [4.69, 9.17) is 0 Å². The van der Waals surface area contributed by atoms with Gasteiger partial charge in [-0.25, -0.2) is 0 Å². The predicted octanol–water partition coefficient (Wildman–Crippen LogP) is 4.67. The molecule has 0 spiro atoms. The first-order chi connectivity index (χ1) is 6.47. The molecule has 1 heterocycles. The monoisotopic (exact) mass is 208 g/mol. The zero-order valence-electron chi connectivity index (χ0n) is 12.1. The van der Waals surface area contributed by atoms with Crippen LogP contribution in [0.3, 0.4) is 0 Å². The molecular formula is C14H29B. The molecule has 0 saturated carbocycles. The van der Waals surface area contributed by atoms with Crippen LogP contribution >= 0.6 is 0 Å². The zero-order chi connectivity index (χ0) is 12.1. The van der Waals surface area contributed by atoms with Crippen LogP contribution in [0.1, 0.15) is 68.2 Å². The van der Waals surface area contributed by atoms with Gasteiger partial charge in [0.25, 0.3) is 0 Å². The molecule has 0 amide bonds. The Morgan fingerprint density at radius 2 is 1.47 bits per heavy atom. The van der Waals surface area contributed by atoms with Crippen molar-refractivity contribution < 1.29 is 0 Å². The summed E-state index contributed by atoms with van der Waals surface area (Å²) in [6.45, 7) is 19.3. The third-order valence-electron chi connectivity index (χ3n) is 4.77. The molecular weight excluding hydrogens is 179 g/mol. The molecule has 1 heteroatoms. The predicted molar refractivity (Wildman–Crippen MR) is 72.0 cm³/mol. The van der Waals surface area contributed by atoms with Crippen LogP contribution in [0, 0.1) is 10.8 Å². The van der Waals surface area contributed by atoms with Gasteiger partial charge in [-0.1, -0.05) is 67.1 Å². The molecule has 0 N–H and O–H groups in total. The number of hydrogen-bond acceptors (Lipinski definition) is 0. The summed E-state index contributed by atoms with van der Waals surface area (Å²) in [5, 5.41) is 1.17. The average molecular weight is 208 g/mol. The smallest absolute Gasteiger partial charge is 0.0667 e. The summed E-state index contributed by atoms with van der Waals surface area (Å²) in [4.78, 5) is 0. The summed E-state index contributed by atoms with van der Waals surface area (Å²) in [6, 6.07) is 0. The lowest BCUT2D eigenvalue weighted by Gasteiger charge is -2.41. The molecule has 0 aromatic heterocycles. The molecule has 0 aromatic carbocycles. The molecule has 1 fully saturated rings. The van der Waals surface area contributed by atoms with Gasteiger partial charge in [-0.15, -0.1) is 0 Å². The molecule has 0 radical (unpaired) electrons. The highest BCUT2D eigenvalue weighted by molar-refractivity contribution is 6.60. The van der Waals surface area contributed by atoms with Crippen LogP contribution < -0.4 is 0 Å².